The average molecular weight is 250 g/mol. The normalized spacial score (nSPS) is 10.5. The number of rotatable bonds is 3. The molecule has 0 N–H and O–H groups in total. The molecule has 1 aromatic carbocycles. The first-order valence-electron chi connectivity index (χ1n) is 5.33. The number of hydrogen-bond donors (Lipinski definition) is 0. The van der Waals surface area contributed by atoms with E-state index in [0.29, 0.717) is 16.8 Å². The molecule has 1 aromatic heterocycles. The number of aromatic nitrogens is 1. The smallest absolute Gasteiger partial charge is 0.253 e. The first-order valence-corrected chi connectivity index (χ1v) is 5.71. The Morgan fingerprint density at radius 3 is 2.71 bits per heavy atom. The molecule has 0 fully saturated rings. The van der Waals surface area contributed by atoms with Crippen molar-refractivity contribution in [2.75, 3.05) is 7.11 Å². The van der Waals surface area contributed by atoms with Gasteiger partial charge in [0.25, 0.3) is 5.24 Å². The predicted molar refractivity (Wildman–Crippen MR) is 67.9 cm³/mol. The molecular weight excluding hydrogens is 238 g/mol. The molecule has 0 aliphatic rings. The monoisotopic (exact) mass is 249 g/mol. The Bertz CT molecular complexity index is 581. The zero-order chi connectivity index (χ0) is 12.4. The molecule has 0 radical (unpaired) electrons. The minimum absolute atomic E-state index is 0.456. The number of hydrogen-bond acceptors (Lipinski definition) is 3. The number of methoxy groups -OCH3 is 1. The average Bonchev–Trinajstić information content (AvgIpc) is 2.36. The van der Waals surface area contributed by atoms with E-state index in [4.69, 9.17) is 16.3 Å². The Balaban J connectivity index is 2.79. The van der Waals surface area contributed by atoms with Crippen molar-refractivity contribution < 1.29 is 9.53 Å². The van der Waals surface area contributed by atoms with Crippen LogP contribution in [0.2, 0.25) is 0 Å². The molecule has 88 valence electrons. The third kappa shape index (κ3) is 2.11. The standard InChI is InChI=1S/C13H12ClNO2/c1-3-8-4-5-9-10(13(14)16)6-7-11(17-2)12(9)15-8/h4-7H,3H2,1-2H3. The van der Waals surface area contributed by atoms with Gasteiger partial charge in [0.2, 0.25) is 0 Å². The second-order valence-corrected chi connectivity index (χ2v) is 3.98. The van der Waals surface area contributed by atoms with E-state index < -0.39 is 5.24 Å². The summed E-state index contributed by atoms with van der Waals surface area (Å²) in [5.74, 6) is 0.650. The molecule has 0 atom stereocenters. The molecule has 0 spiro atoms. The summed E-state index contributed by atoms with van der Waals surface area (Å²) in [7, 11) is 1.58. The molecule has 1 heterocycles. The third-order valence-corrected chi connectivity index (χ3v) is 2.88. The summed E-state index contributed by atoms with van der Waals surface area (Å²) in [6.45, 7) is 2.02. The molecule has 0 saturated carbocycles. The van der Waals surface area contributed by atoms with Gasteiger partial charge in [-0.05, 0) is 36.2 Å². The largest absolute Gasteiger partial charge is 0.494 e. The highest BCUT2D eigenvalue weighted by Crippen LogP contribution is 2.28. The first-order chi connectivity index (χ1) is 8.17. The van der Waals surface area contributed by atoms with Gasteiger partial charge in [0.15, 0.2) is 0 Å². The molecule has 0 aliphatic heterocycles. The van der Waals surface area contributed by atoms with Crippen LogP contribution in [0.1, 0.15) is 23.0 Å². The van der Waals surface area contributed by atoms with Crippen LogP contribution < -0.4 is 4.74 Å². The molecule has 2 aromatic rings. The summed E-state index contributed by atoms with van der Waals surface area (Å²) in [4.78, 5) is 15.8. The molecule has 2 rings (SSSR count). The topological polar surface area (TPSA) is 39.2 Å². The van der Waals surface area contributed by atoms with Crippen LogP contribution in [0.15, 0.2) is 24.3 Å². The maximum Gasteiger partial charge on any atom is 0.253 e. The van der Waals surface area contributed by atoms with Crippen molar-refractivity contribution in [1.29, 1.82) is 0 Å². The van der Waals surface area contributed by atoms with E-state index in [2.05, 4.69) is 4.98 Å². The van der Waals surface area contributed by atoms with Crippen LogP contribution in [0.3, 0.4) is 0 Å². The highest BCUT2D eigenvalue weighted by Gasteiger charge is 2.12. The van der Waals surface area contributed by atoms with Crippen LogP contribution in [0.5, 0.6) is 5.75 Å². The molecule has 0 amide bonds. The van der Waals surface area contributed by atoms with Crippen LogP contribution in [0, 0.1) is 0 Å². The maximum atomic E-state index is 11.3. The zero-order valence-corrected chi connectivity index (χ0v) is 10.4. The minimum Gasteiger partial charge on any atom is -0.494 e. The van der Waals surface area contributed by atoms with Crippen LogP contribution in [-0.2, 0) is 6.42 Å². The predicted octanol–water partition coefficient (Wildman–Crippen LogP) is 3.18. The number of ether oxygens (including phenoxy) is 1. The van der Waals surface area contributed by atoms with E-state index in [1.165, 1.54) is 0 Å². The van der Waals surface area contributed by atoms with Gasteiger partial charge in [-0.25, -0.2) is 4.98 Å². The summed E-state index contributed by atoms with van der Waals surface area (Å²) in [5, 5.41) is 0.241. The highest BCUT2D eigenvalue weighted by molar-refractivity contribution is 6.68. The van der Waals surface area contributed by atoms with Gasteiger partial charge in [-0.1, -0.05) is 13.0 Å². The maximum absolute atomic E-state index is 11.3. The van der Waals surface area contributed by atoms with Crippen molar-refractivity contribution in [1.82, 2.24) is 4.98 Å². The summed E-state index contributed by atoms with van der Waals surface area (Å²) in [6.07, 6.45) is 0.831. The van der Waals surface area contributed by atoms with Crippen molar-refractivity contribution >= 4 is 27.7 Å². The Morgan fingerprint density at radius 2 is 2.12 bits per heavy atom. The van der Waals surface area contributed by atoms with Crippen molar-refractivity contribution in [3.8, 4) is 5.75 Å². The second-order valence-electron chi connectivity index (χ2n) is 3.64. The zero-order valence-electron chi connectivity index (χ0n) is 9.66. The summed E-state index contributed by atoms with van der Waals surface area (Å²) in [6, 6.07) is 7.12. The van der Waals surface area contributed by atoms with Crippen molar-refractivity contribution in [3.05, 3.63) is 35.5 Å². The molecule has 17 heavy (non-hydrogen) atoms. The van der Waals surface area contributed by atoms with Gasteiger partial charge in [0, 0.05) is 16.6 Å². The van der Waals surface area contributed by atoms with Gasteiger partial charge in [-0.2, -0.15) is 0 Å². The van der Waals surface area contributed by atoms with Crippen LogP contribution >= 0.6 is 11.6 Å². The number of carbonyl (C=O) groups is 1. The Hall–Kier alpha value is -1.61. The number of fused-ring (bicyclic) bond motifs is 1. The number of pyridine rings is 1. The van der Waals surface area contributed by atoms with E-state index in [0.717, 1.165) is 17.5 Å². The van der Waals surface area contributed by atoms with Crippen molar-refractivity contribution in [3.63, 3.8) is 0 Å². The summed E-state index contributed by atoms with van der Waals surface area (Å²) < 4.78 is 5.24. The van der Waals surface area contributed by atoms with E-state index in [1.54, 1.807) is 19.2 Å². The van der Waals surface area contributed by atoms with Gasteiger partial charge in [-0.15, -0.1) is 0 Å². The Kier molecular flexibility index (Phi) is 3.29. The van der Waals surface area contributed by atoms with Crippen LogP contribution in [-0.4, -0.2) is 17.3 Å². The van der Waals surface area contributed by atoms with Gasteiger partial charge in [0.1, 0.15) is 11.3 Å². The van der Waals surface area contributed by atoms with Crippen molar-refractivity contribution in [2.24, 2.45) is 0 Å². The number of aryl methyl sites for hydroxylation is 1. The molecular formula is C13H12ClNO2. The molecule has 0 saturated heterocycles. The Labute approximate surface area is 104 Å². The first kappa shape index (κ1) is 11.9. The van der Waals surface area contributed by atoms with Crippen LogP contribution in [0.4, 0.5) is 0 Å². The van der Waals surface area contributed by atoms with Gasteiger partial charge in [-0.3, -0.25) is 4.79 Å². The number of benzene rings is 1. The fraction of sp³-hybridized carbons (Fsp3) is 0.231. The fourth-order valence-corrected chi connectivity index (χ4v) is 1.93. The lowest BCUT2D eigenvalue weighted by atomic mass is 10.1. The third-order valence-electron chi connectivity index (χ3n) is 2.67. The summed E-state index contributed by atoms with van der Waals surface area (Å²) in [5.41, 5.74) is 2.09. The van der Waals surface area contributed by atoms with E-state index in [9.17, 15) is 4.79 Å². The van der Waals surface area contributed by atoms with Gasteiger partial charge < -0.3 is 4.74 Å². The van der Waals surface area contributed by atoms with E-state index in [1.807, 2.05) is 19.1 Å². The fourth-order valence-electron chi connectivity index (χ4n) is 1.77. The summed E-state index contributed by atoms with van der Waals surface area (Å²) >= 11 is 5.54. The molecule has 0 bridgehead atoms. The SMILES string of the molecule is CCc1ccc2c(C(=O)Cl)ccc(OC)c2n1. The number of carbonyl (C=O) groups excluding carboxylic acids is 1. The highest BCUT2D eigenvalue weighted by atomic mass is 35.5. The molecule has 0 unspecified atom stereocenters. The minimum atomic E-state index is -0.483. The number of nitrogens with zero attached hydrogens (tertiary/aromatic N) is 1. The lowest BCUT2D eigenvalue weighted by molar-refractivity contribution is 0.108. The quantitative estimate of drug-likeness (QED) is 0.785. The molecule has 0 aliphatic carbocycles. The number of halogens is 1. The van der Waals surface area contributed by atoms with Gasteiger partial charge in [0.05, 0.1) is 7.11 Å². The van der Waals surface area contributed by atoms with E-state index in [-0.39, 0.29) is 0 Å². The second kappa shape index (κ2) is 4.72. The lowest BCUT2D eigenvalue weighted by Crippen LogP contribution is -1.97. The van der Waals surface area contributed by atoms with E-state index >= 15 is 0 Å². The molecule has 3 nitrogen and oxygen atoms in total. The van der Waals surface area contributed by atoms with Crippen LogP contribution in [0.25, 0.3) is 10.9 Å². The lowest BCUT2D eigenvalue weighted by Gasteiger charge is -2.08. The molecule has 4 heteroatoms. The Morgan fingerprint density at radius 1 is 1.35 bits per heavy atom. The van der Waals surface area contributed by atoms with Crippen molar-refractivity contribution in [2.45, 2.75) is 13.3 Å². The van der Waals surface area contributed by atoms with Gasteiger partial charge >= 0.3 is 0 Å².